The molecule has 1 fully saturated rings. The fraction of sp³-hybridized carbons (Fsp3) is 0.600. The van der Waals surface area contributed by atoms with E-state index in [4.69, 9.17) is 14.2 Å². The molecule has 0 amide bonds. The molecular formula is C15H24N2O5S. The molecule has 0 aliphatic carbocycles. The minimum absolute atomic E-state index is 0.0773. The highest BCUT2D eigenvalue weighted by atomic mass is 32.2. The van der Waals surface area contributed by atoms with Gasteiger partial charge in [-0.3, -0.25) is 4.90 Å². The number of ether oxygens (including phenoxy) is 3. The molecule has 1 aliphatic rings. The van der Waals surface area contributed by atoms with Crippen molar-refractivity contribution < 1.29 is 22.6 Å². The molecule has 1 atom stereocenters. The zero-order valence-corrected chi connectivity index (χ0v) is 14.6. The summed E-state index contributed by atoms with van der Waals surface area (Å²) in [7, 11) is -0.748. The fourth-order valence-electron chi connectivity index (χ4n) is 2.45. The highest BCUT2D eigenvalue weighted by molar-refractivity contribution is 7.89. The van der Waals surface area contributed by atoms with Gasteiger partial charge >= 0.3 is 0 Å². The van der Waals surface area contributed by atoms with Crippen molar-refractivity contribution in [2.75, 3.05) is 47.1 Å². The molecule has 0 radical (unpaired) electrons. The summed E-state index contributed by atoms with van der Waals surface area (Å²) in [5, 5.41) is 0. The van der Waals surface area contributed by atoms with Crippen molar-refractivity contribution in [1.82, 2.24) is 9.62 Å². The molecule has 1 saturated heterocycles. The Labute approximate surface area is 137 Å². The number of benzene rings is 1. The molecule has 7 nitrogen and oxygen atoms in total. The van der Waals surface area contributed by atoms with Gasteiger partial charge in [0.2, 0.25) is 10.0 Å². The van der Waals surface area contributed by atoms with Crippen LogP contribution in [0.4, 0.5) is 0 Å². The van der Waals surface area contributed by atoms with Gasteiger partial charge in [0.15, 0.2) is 0 Å². The van der Waals surface area contributed by atoms with Crippen molar-refractivity contribution in [1.29, 1.82) is 0 Å². The molecule has 1 N–H and O–H groups in total. The first-order chi connectivity index (χ1) is 11.0. The van der Waals surface area contributed by atoms with Crippen LogP contribution < -0.4 is 14.2 Å². The van der Waals surface area contributed by atoms with Gasteiger partial charge in [-0.15, -0.1) is 0 Å². The van der Waals surface area contributed by atoms with E-state index in [1.807, 2.05) is 6.92 Å². The Morgan fingerprint density at radius 3 is 2.57 bits per heavy atom. The van der Waals surface area contributed by atoms with Crippen molar-refractivity contribution in [2.24, 2.45) is 0 Å². The van der Waals surface area contributed by atoms with E-state index in [1.54, 1.807) is 12.1 Å². The minimum Gasteiger partial charge on any atom is -0.497 e. The van der Waals surface area contributed by atoms with Gasteiger partial charge < -0.3 is 14.2 Å². The fourth-order valence-corrected chi connectivity index (χ4v) is 3.75. The highest BCUT2D eigenvalue weighted by Crippen LogP contribution is 2.28. The maximum atomic E-state index is 12.6. The van der Waals surface area contributed by atoms with Crippen LogP contribution in [-0.2, 0) is 14.8 Å². The summed E-state index contributed by atoms with van der Waals surface area (Å²) in [6.07, 6.45) is 0. The minimum atomic E-state index is -3.68. The molecule has 1 aromatic rings. The smallest absolute Gasteiger partial charge is 0.244 e. The van der Waals surface area contributed by atoms with Gasteiger partial charge in [-0.25, -0.2) is 13.1 Å². The maximum Gasteiger partial charge on any atom is 0.244 e. The molecule has 0 spiro atoms. The number of nitrogens with zero attached hydrogens (tertiary/aromatic N) is 1. The second-order valence-electron chi connectivity index (χ2n) is 5.37. The van der Waals surface area contributed by atoms with Crippen LogP contribution in [-0.4, -0.2) is 66.4 Å². The lowest BCUT2D eigenvalue weighted by molar-refractivity contribution is 0.0213. The standard InChI is InChI=1S/C15H24N2O5S/c1-12(17-6-8-22-9-7-17)11-16-23(18,19)15-10-13(20-2)4-5-14(15)21-3/h4-5,10,12,16H,6-9,11H2,1-3H3. The molecule has 0 aromatic heterocycles. The third-order valence-corrected chi connectivity index (χ3v) is 5.34. The second kappa shape index (κ2) is 7.96. The van der Waals surface area contributed by atoms with Crippen LogP contribution in [0, 0.1) is 0 Å². The predicted molar refractivity (Wildman–Crippen MR) is 86.6 cm³/mol. The third-order valence-electron chi connectivity index (χ3n) is 3.90. The van der Waals surface area contributed by atoms with E-state index < -0.39 is 10.0 Å². The number of nitrogens with one attached hydrogen (secondary N) is 1. The van der Waals surface area contributed by atoms with Crippen molar-refractivity contribution in [2.45, 2.75) is 17.9 Å². The van der Waals surface area contributed by atoms with Gasteiger partial charge in [-0.2, -0.15) is 0 Å². The van der Waals surface area contributed by atoms with Crippen LogP contribution in [0.1, 0.15) is 6.92 Å². The largest absolute Gasteiger partial charge is 0.497 e. The van der Waals surface area contributed by atoms with E-state index in [-0.39, 0.29) is 16.7 Å². The van der Waals surface area contributed by atoms with Crippen molar-refractivity contribution >= 4 is 10.0 Å². The molecule has 23 heavy (non-hydrogen) atoms. The van der Waals surface area contributed by atoms with Crippen LogP contribution >= 0.6 is 0 Å². The molecule has 8 heteroatoms. The van der Waals surface area contributed by atoms with E-state index >= 15 is 0 Å². The van der Waals surface area contributed by atoms with Crippen molar-refractivity contribution in [3.8, 4) is 11.5 Å². The van der Waals surface area contributed by atoms with Gasteiger partial charge in [0, 0.05) is 31.7 Å². The molecule has 1 aromatic carbocycles. The lowest BCUT2D eigenvalue weighted by Gasteiger charge is -2.32. The third kappa shape index (κ3) is 4.57. The van der Waals surface area contributed by atoms with Crippen molar-refractivity contribution in [3.63, 3.8) is 0 Å². The SMILES string of the molecule is COc1ccc(OC)c(S(=O)(=O)NCC(C)N2CCOCC2)c1. The summed E-state index contributed by atoms with van der Waals surface area (Å²) in [5.41, 5.74) is 0. The molecule has 1 heterocycles. The summed E-state index contributed by atoms with van der Waals surface area (Å²) < 4.78 is 43.4. The number of hydrogen-bond donors (Lipinski definition) is 1. The van der Waals surface area contributed by atoms with Crippen molar-refractivity contribution in [3.05, 3.63) is 18.2 Å². The Balaban J connectivity index is 2.09. The monoisotopic (exact) mass is 344 g/mol. The number of morpholine rings is 1. The summed E-state index contributed by atoms with van der Waals surface area (Å²) >= 11 is 0. The van der Waals surface area contributed by atoms with E-state index in [0.29, 0.717) is 25.5 Å². The molecule has 0 saturated carbocycles. The molecule has 0 bridgehead atoms. The van der Waals surface area contributed by atoms with Gasteiger partial charge in [0.05, 0.1) is 27.4 Å². The van der Waals surface area contributed by atoms with Gasteiger partial charge in [-0.05, 0) is 19.1 Å². The number of hydrogen-bond acceptors (Lipinski definition) is 6. The Morgan fingerprint density at radius 2 is 1.96 bits per heavy atom. The normalized spacial score (nSPS) is 17.7. The molecule has 1 aliphatic heterocycles. The summed E-state index contributed by atoms with van der Waals surface area (Å²) in [5.74, 6) is 0.754. The average Bonchev–Trinajstić information content (AvgIpc) is 2.59. The molecule has 2 rings (SSSR count). The first-order valence-electron chi connectivity index (χ1n) is 7.51. The lowest BCUT2D eigenvalue weighted by atomic mass is 10.2. The summed E-state index contributed by atoms with van der Waals surface area (Å²) in [4.78, 5) is 2.28. The van der Waals surface area contributed by atoms with Crippen LogP contribution in [0.25, 0.3) is 0 Å². The Bertz CT molecular complexity index is 614. The van der Waals surface area contributed by atoms with Gasteiger partial charge in [-0.1, -0.05) is 0 Å². The average molecular weight is 344 g/mol. The van der Waals surface area contributed by atoms with Crippen LogP contribution in [0.3, 0.4) is 0 Å². The first kappa shape index (κ1) is 18.0. The molecular weight excluding hydrogens is 320 g/mol. The molecule has 130 valence electrons. The van der Waals surface area contributed by atoms with E-state index in [9.17, 15) is 8.42 Å². The number of sulfonamides is 1. The Morgan fingerprint density at radius 1 is 1.26 bits per heavy atom. The molecule has 1 unspecified atom stereocenters. The summed E-state index contributed by atoms with van der Waals surface area (Å²) in [6.45, 7) is 5.30. The zero-order valence-electron chi connectivity index (χ0n) is 13.7. The van der Waals surface area contributed by atoms with E-state index in [2.05, 4.69) is 9.62 Å². The van der Waals surface area contributed by atoms with Gasteiger partial charge in [0.25, 0.3) is 0 Å². The highest BCUT2D eigenvalue weighted by Gasteiger charge is 2.23. The zero-order chi connectivity index (χ0) is 16.9. The topological polar surface area (TPSA) is 77.1 Å². The van der Waals surface area contributed by atoms with E-state index in [1.165, 1.54) is 20.3 Å². The number of methoxy groups -OCH3 is 2. The predicted octanol–water partition coefficient (Wildman–Crippen LogP) is 0.703. The summed E-state index contributed by atoms with van der Waals surface area (Å²) in [6, 6.07) is 4.79. The second-order valence-corrected chi connectivity index (χ2v) is 7.10. The quantitative estimate of drug-likeness (QED) is 0.785. The Hall–Kier alpha value is -1.35. The number of rotatable bonds is 7. The van der Waals surface area contributed by atoms with E-state index in [0.717, 1.165) is 13.1 Å². The maximum absolute atomic E-state index is 12.6. The first-order valence-corrected chi connectivity index (χ1v) is 8.99. The van der Waals surface area contributed by atoms with Gasteiger partial charge in [0.1, 0.15) is 16.4 Å². The Kier molecular flexibility index (Phi) is 6.23. The van der Waals surface area contributed by atoms with Crippen LogP contribution in [0.2, 0.25) is 0 Å². The van der Waals surface area contributed by atoms with Crippen LogP contribution in [0.15, 0.2) is 23.1 Å². The van der Waals surface area contributed by atoms with Crippen LogP contribution in [0.5, 0.6) is 11.5 Å². The lowest BCUT2D eigenvalue weighted by Crippen LogP contribution is -2.47.